The van der Waals surface area contributed by atoms with E-state index >= 15 is 0 Å². The number of alkyl halides is 3. The van der Waals surface area contributed by atoms with Crippen LogP contribution in [0.15, 0.2) is 18.2 Å². The Labute approximate surface area is 82.3 Å². The summed E-state index contributed by atoms with van der Waals surface area (Å²) < 4.78 is 41.8. The standard InChI is InChI=1S/C9H6F3NS/c1-5-7-4-6(9(10,11)12)2-3-8(7)14-13-5/h2-4H,1H3. The zero-order chi connectivity index (χ0) is 10.3. The Kier molecular flexibility index (Phi) is 1.99. The number of rotatable bonds is 0. The molecular formula is C9H6F3NS. The van der Waals surface area contributed by atoms with Crippen LogP contribution in [-0.2, 0) is 6.18 Å². The maximum Gasteiger partial charge on any atom is 0.416 e. The van der Waals surface area contributed by atoms with Crippen molar-refractivity contribution in [2.24, 2.45) is 0 Å². The van der Waals surface area contributed by atoms with E-state index in [0.717, 1.165) is 16.8 Å². The third kappa shape index (κ3) is 1.48. The Morgan fingerprint density at radius 3 is 2.64 bits per heavy atom. The summed E-state index contributed by atoms with van der Waals surface area (Å²) in [5.41, 5.74) is 0.0319. The molecule has 5 heteroatoms. The molecule has 0 saturated heterocycles. The van der Waals surface area contributed by atoms with E-state index in [9.17, 15) is 13.2 Å². The van der Waals surface area contributed by atoms with E-state index in [1.807, 2.05) is 0 Å². The van der Waals surface area contributed by atoms with E-state index in [2.05, 4.69) is 4.37 Å². The van der Waals surface area contributed by atoms with Gasteiger partial charge in [-0.3, -0.25) is 0 Å². The fourth-order valence-corrected chi connectivity index (χ4v) is 2.00. The summed E-state index contributed by atoms with van der Waals surface area (Å²) in [5, 5.41) is 0.588. The molecular weight excluding hydrogens is 211 g/mol. The molecule has 0 atom stereocenters. The van der Waals surface area contributed by atoms with Gasteiger partial charge in [0.05, 0.1) is 16.0 Å². The highest BCUT2D eigenvalue weighted by Gasteiger charge is 2.30. The van der Waals surface area contributed by atoms with Gasteiger partial charge >= 0.3 is 6.18 Å². The summed E-state index contributed by atoms with van der Waals surface area (Å²) in [4.78, 5) is 0. The van der Waals surface area contributed by atoms with E-state index in [4.69, 9.17) is 0 Å². The number of hydrogen-bond donors (Lipinski definition) is 0. The van der Waals surface area contributed by atoms with Crippen molar-refractivity contribution < 1.29 is 13.2 Å². The van der Waals surface area contributed by atoms with Crippen molar-refractivity contribution in [3.63, 3.8) is 0 Å². The van der Waals surface area contributed by atoms with E-state index in [1.54, 1.807) is 6.92 Å². The van der Waals surface area contributed by atoms with Gasteiger partial charge in [0.15, 0.2) is 0 Å². The van der Waals surface area contributed by atoms with Crippen LogP contribution in [0.5, 0.6) is 0 Å². The Bertz CT molecular complexity index is 472. The number of nitrogens with zero attached hydrogens (tertiary/aromatic N) is 1. The highest BCUT2D eigenvalue weighted by Crippen LogP contribution is 2.33. The minimum absolute atomic E-state index is 0.588. The number of aryl methyl sites for hydroxylation is 1. The first kappa shape index (κ1) is 9.45. The largest absolute Gasteiger partial charge is 0.416 e. The summed E-state index contributed by atoms with van der Waals surface area (Å²) in [6.07, 6.45) is -4.28. The fourth-order valence-electron chi connectivity index (χ4n) is 1.24. The van der Waals surface area contributed by atoms with Crippen LogP contribution in [-0.4, -0.2) is 4.37 Å². The number of hydrogen-bond acceptors (Lipinski definition) is 2. The molecule has 1 aromatic heterocycles. The quantitative estimate of drug-likeness (QED) is 0.656. The second-order valence-electron chi connectivity index (χ2n) is 2.98. The average Bonchev–Trinajstić information content (AvgIpc) is 2.46. The molecule has 0 N–H and O–H groups in total. The third-order valence-corrected chi connectivity index (χ3v) is 2.90. The summed E-state index contributed by atoms with van der Waals surface area (Å²) in [6, 6.07) is 3.69. The van der Waals surface area contributed by atoms with Crippen LogP contribution in [0.25, 0.3) is 10.1 Å². The second kappa shape index (κ2) is 2.95. The molecule has 1 heterocycles. The van der Waals surface area contributed by atoms with Crippen LogP contribution in [0.3, 0.4) is 0 Å². The lowest BCUT2D eigenvalue weighted by molar-refractivity contribution is -0.137. The zero-order valence-electron chi connectivity index (χ0n) is 7.22. The van der Waals surface area contributed by atoms with Crippen LogP contribution in [0.4, 0.5) is 13.2 Å². The monoisotopic (exact) mass is 217 g/mol. The van der Waals surface area contributed by atoms with Crippen LogP contribution in [0, 0.1) is 6.92 Å². The van der Waals surface area contributed by atoms with Gasteiger partial charge in [-0.15, -0.1) is 0 Å². The van der Waals surface area contributed by atoms with Gasteiger partial charge in [-0.1, -0.05) is 0 Å². The second-order valence-corrected chi connectivity index (χ2v) is 3.78. The number of halogens is 3. The lowest BCUT2D eigenvalue weighted by Crippen LogP contribution is -2.03. The first-order valence-electron chi connectivity index (χ1n) is 3.92. The Morgan fingerprint density at radius 2 is 2.00 bits per heavy atom. The van der Waals surface area contributed by atoms with Gasteiger partial charge < -0.3 is 0 Å². The predicted octanol–water partition coefficient (Wildman–Crippen LogP) is 3.62. The summed E-state index contributed by atoms with van der Waals surface area (Å²) in [5.74, 6) is 0. The molecule has 1 aromatic carbocycles. The first-order valence-corrected chi connectivity index (χ1v) is 4.69. The molecule has 74 valence electrons. The van der Waals surface area contributed by atoms with Gasteiger partial charge in [-0.25, -0.2) is 0 Å². The van der Waals surface area contributed by atoms with Gasteiger partial charge in [0, 0.05) is 5.39 Å². The number of aromatic nitrogens is 1. The molecule has 0 amide bonds. The number of benzene rings is 1. The molecule has 2 aromatic rings. The first-order chi connectivity index (χ1) is 6.48. The van der Waals surface area contributed by atoms with Crippen molar-refractivity contribution in [1.82, 2.24) is 4.37 Å². The lowest BCUT2D eigenvalue weighted by atomic mass is 10.1. The van der Waals surface area contributed by atoms with Crippen molar-refractivity contribution in [3.8, 4) is 0 Å². The Morgan fingerprint density at radius 1 is 1.29 bits per heavy atom. The molecule has 0 spiro atoms. The normalized spacial score (nSPS) is 12.3. The molecule has 0 aliphatic heterocycles. The molecule has 0 unspecified atom stereocenters. The molecule has 0 fully saturated rings. The Hall–Kier alpha value is -1.10. The van der Waals surface area contributed by atoms with E-state index in [1.165, 1.54) is 17.6 Å². The third-order valence-electron chi connectivity index (χ3n) is 1.98. The predicted molar refractivity (Wildman–Crippen MR) is 49.4 cm³/mol. The minimum Gasteiger partial charge on any atom is -0.197 e. The van der Waals surface area contributed by atoms with Crippen molar-refractivity contribution in [3.05, 3.63) is 29.5 Å². The Balaban J connectivity index is 2.66. The maximum atomic E-state index is 12.3. The smallest absolute Gasteiger partial charge is 0.197 e. The van der Waals surface area contributed by atoms with Crippen molar-refractivity contribution in [2.45, 2.75) is 13.1 Å². The highest BCUT2D eigenvalue weighted by atomic mass is 32.1. The number of fused-ring (bicyclic) bond motifs is 1. The fraction of sp³-hybridized carbons (Fsp3) is 0.222. The average molecular weight is 217 g/mol. The molecule has 14 heavy (non-hydrogen) atoms. The van der Waals surface area contributed by atoms with Crippen LogP contribution < -0.4 is 0 Å². The van der Waals surface area contributed by atoms with E-state index in [-0.39, 0.29) is 0 Å². The van der Waals surface area contributed by atoms with Crippen molar-refractivity contribution in [2.75, 3.05) is 0 Å². The molecule has 0 bridgehead atoms. The zero-order valence-corrected chi connectivity index (χ0v) is 8.04. The lowest BCUT2D eigenvalue weighted by Gasteiger charge is -2.05. The SMILES string of the molecule is Cc1nsc2ccc(C(F)(F)F)cc12. The maximum absolute atomic E-state index is 12.3. The van der Waals surface area contributed by atoms with E-state index < -0.39 is 11.7 Å². The van der Waals surface area contributed by atoms with Gasteiger partial charge in [-0.05, 0) is 36.7 Å². The summed E-state index contributed by atoms with van der Waals surface area (Å²) in [7, 11) is 0. The van der Waals surface area contributed by atoms with Crippen LogP contribution >= 0.6 is 11.5 Å². The summed E-state index contributed by atoms with van der Waals surface area (Å²) in [6.45, 7) is 1.71. The van der Waals surface area contributed by atoms with Crippen molar-refractivity contribution in [1.29, 1.82) is 0 Å². The molecule has 0 saturated carbocycles. The van der Waals surface area contributed by atoms with E-state index in [0.29, 0.717) is 11.1 Å². The molecule has 0 aliphatic rings. The molecule has 2 rings (SSSR count). The topological polar surface area (TPSA) is 12.9 Å². The van der Waals surface area contributed by atoms with Gasteiger partial charge in [0.1, 0.15) is 0 Å². The minimum atomic E-state index is -4.28. The molecule has 1 nitrogen and oxygen atoms in total. The van der Waals surface area contributed by atoms with Gasteiger partial charge in [0.2, 0.25) is 0 Å². The van der Waals surface area contributed by atoms with Crippen LogP contribution in [0.1, 0.15) is 11.3 Å². The van der Waals surface area contributed by atoms with Gasteiger partial charge in [-0.2, -0.15) is 17.5 Å². The van der Waals surface area contributed by atoms with Crippen LogP contribution in [0.2, 0.25) is 0 Å². The highest BCUT2D eigenvalue weighted by molar-refractivity contribution is 7.13. The van der Waals surface area contributed by atoms with Gasteiger partial charge in [0.25, 0.3) is 0 Å². The summed E-state index contributed by atoms with van der Waals surface area (Å²) >= 11 is 1.22. The molecule has 0 radical (unpaired) electrons. The molecule has 0 aliphatic carbocycles. The van der Waals surface area contributed by atoms with Crippen molar-refractivity contribution >= 4 is 21.6 Å².